The van der Waals surface area contributed by atoms with Crippen molar-refractivity contribution in [3.05, 3.63) is 70.5 Å². The summed E-state index contributed by atoms with van der Waals surface area (Å²) in [5.74, 6) is -0.130. The van der Waals surface area contributed by atoms with Crippen LogP contribution in [0.4, 0.5) is 4.39 Å². The zero-order valence-electron chi connectivity index (χ0n) is 12.6. The minimum atomic E-state index is -0.357. The second-order valence-corrected chi connectivity index (χ2v) is 5.54. The van der Waals surface area contributed by atoms with E-state index in [0.717, 1.165) is 5.56 Å². The smallest absolute Gasteiger partial charge is 0.251 e. The van der Waals surface area contributed by atoms with Crippen LogP contribution in [0.15, 0.2) is 42.5 Å². The molecule has 3 heteroatoms. The van der Waals surface area contributed by atoms with Gasteiger partial charge in [0.2, 0.25) is 0 Å². The van der Waals surface area contributed by atoms with Gasteiger partial charge in [0.25, 0.3) is 5.91 Å². The van der Waals surface area contributed by atoms with Gasteiger partial charge in [-0.25, -0.2) is 4.39 Å². The predicted molar refractivity (Wildman–Crippen MR) is 82.8 cm³/mol. The quantitative estimate of drug-likeness (QED) is 0.896. The first kappa shape index (κ1) is 15.2. The number of hydrogen-bond acceptors (Lipinski definition) is 1. The molecule has 0 saturated heterocycles. The molecule has 0 heterocycles. The molecule has 1 amide bonds. The third kappa shape index (κ3) is 3.91. The number of nitrogens with one attached hydrogen (secondary N) is 1. The summed E-state index contributed by atoms with van der Waals surface area (Å²) < 4.78 is 13.4. The van der Waals surface area contributed by atoms with Gasteiger partial charge in [-0.3, -0.25) is 4.79 Å². The highest BCUT2D eigenvalue weighted by Crippen LogP contribution is 2.15. The largest absolute Gasteiger partial charge is 0.348 e. The lowest BCUT2D eigenvalue weighted by Crippen LogP contribution is -2.22. The molecule has 2 nitrogen and oxygen atoms in total. The summed E-state index contributed by atoms with van der Waals surface area (Å²) in [5.41, 5.74) is 3.18. The van der Waals surface area contributed by atoms with Crippen molar-refractivity contribution in [2.75, 3.05) is 0 Å². The summed E-state index contributed by atoms with van der Waals surface area (Å²) in [7, 11) is 0. The van der Waals surface area contributed by atoms with E-state index in [4.69, 9.17) is 0 Å². The molecule has 2 aromatic carbocycles. The van der Waals surface area contributed by atoms with Gasteiger partial charge in [0, 0.05) is 12.1 Å². The highest BCUT2D eigenvalue weighted by molar-refractivity contribution is 5.94. The number of hydrogen-bond donors (Lipinski definition) is 1. The van der Waals surface area contributed by atoms with Crippen molar-refractivity contribution < 1.29 is 9.18 Å². The average Bonchev–Trinajstić information content (AvgIpc) is 2.48. The van der Waals surface area contributed by atoms with Gasteiger partial charge in [0.05, 0.1) is 0 Å². The molecule has 0 fully saturated rings. The SMILES string of the molecule is Cc1ccc(C(=O)NCc2ccc(C(C)C)cc2)cc1F. The fourth-order valence-corrected chi connectivity index (χ4v) is 2.04. The van der Waals surface area contributed by atoms with Crippen LogP contribution in [0.25, 0.3) is 0 Å². The third-order valence-electron chi connectivity index (χ3n) is 3.53. The van der Waals surface area contributed by atoms with Crippen molar-refractivity contribution in [2.45, 2.75) is 33.2 Å². The predicted octanol–water partition coefficient (Wildman–Crippen LogP) is 4.19. The van der Waals surface area contributed by atoms with Gasteiger partial charge in [-0.15, -0.1) is 0 Å². The first-order valence-corrected chi connectivity index (χ1v) is 7.10. The maximum Gasteiger partial charge on any atom is 0.251 e. The molecule has 0 aliphatic heterocycles. The monoisotopic (exact) mass is 285 g/mol. The van der Waals surface area contributed by atoms with Gasteiger partial charge in [-0.05, 0) is 41.7 Å². The molecule has 0 spiro atoms. The Morgan fingerprint density at radius 2 is 1.81 bits per heavy atom. The molecule has 2 rings (SSSR count). The lowest BCUT2D eigenvalue weighted by atomic mass is 10.0. The van der Waals surface area contributed by atoms with E-state index >= 15 is 0 Å². The Morgan fingerprint density at radius 3 is 2.38 bits per heavy atom. The zero-order valence-corrected chi connectivity index (χ0v) is 12.6. The van der Waals surface area contributed by atoms with Gasteiger partial charge in [-0.1, -0.05) is 44.2 Å². The zero-order chi connectivity index (χ0) is 15.4. The molecule has 0 unspecified atom stereocenters. The summed E-state index contributed by atoms with van der Waals surface area (Å²) >= 11 is 0. The fourth-order valence-electron chi connectivity index (χ4n) is 2.04. The van der Waals surface area contributed by atoms with Crippen molar-refractivity contribution in [1.29, 1.82) is 0 Å². The minimum Gasteiger partial charge on any atom is -0.348 e. The van der Waals surface area contributed by atoms with E-state index in [0.29, 0.717) is 23.6 Å². The van der Waals surface area contributed by atoms with E-state index in [1.165, 1.54) is 11.6 Å². The summed E-state index contributed by atoms with van der Waals surface area (Å²) in [5, 5.41) is 2.81. The topological polar surface area (TPSA) is 29.1 Å². The average molecular weight is 285 g/mol. The molecular weight excluding hydrogens is 265 g/mol. The van der Waals surface area contributed by atoms with Crippen LogP contribution in [0.2, 0.25) is 0 Å². The number of carbonyl (C=O) groups excluding carboxylic acids is 1. The van der Waals surface area contributed by atoms with E-state index in [1.54, 1.807) is 19.1 Å². The molecule has 0 bridgehead atoms. The lowest BCUT2D eigenvalue weighted by molar-refractivity contribution is 0.0950. The maximum atomic E-state index is 13.4. The Bertz CT molecular complexity index is 632. The summed E-state index contributed by atoms with van der Waals surface area (Å²) in [6.45, 7) is 6.39. The molecule has 1 N–H and O–H groups in total. The van der Waals surface area contributed by atoms with E-state index < -0.39 is 0 Å². The van der Waals surface area contributed by atoms with Gasteiger partial charge in [0.1, 0.15) is 5.82 Å². The van der Waals surface area contributed by atoms with Gasteiger partial charge >= 0.3 is 0 Å². The molecule has 0 atom stereocenters. The van der Waals surface area contributed by atoms with E-state index in [2.05, 4.69) is 31.3 Å². The highest BCUT2D eigenvalue weighted by Gasteiger charge is 2.08. The van der Waals surface area contributed by atoms with Crippen molar-refractivity contribution >= 4 is 5.91 Å². The number of halogens is 1. The summed E-state index contributed by atoms with van der Waals surface area (Å²) in [4.78, 5) is 12.0. The second kappa shape index (κ2) is 6.53. The number of rotatable bonds is 4. The van der Waals surface area contributed by atoms with Crippen LogP contribution in [0.5, 0.6) is 0 Å². The van der Waals surface area contributed by atoms with Crippen LogP contribution >= 0.6 is 0 Å². The van der Waals surface area contributed by atoms with Crippen molar-refractivity contribution in [3.63, 3.8) is 0 Å². The summed E-state index contributed by atoms with van der Waals surface area (Å²) in [6.07, 6.45) is 0. The molecule has 0 radical (unpaired) electrons. The molecule has 2 aromatic rings. The van der Waals surface area contributed by atoms with Crippen LogP contribution in [-0.4, -0.2) is 5.91 Å². The molecule has 110 valence electrons. The summed E-state index contributed by atoms with van der Waals surface area (Å²) in [6, 6.07) is 12.7. The number of aryl methyl sites for hydroxylation is 1. The van der Waals surface area contributed by atoms with Crippen LogP contribution in [0.1, 0.15) is 46.8 Å². The van der Waals surface area contributed by atoms with Crippen LogP contribution in [0.3, 0.4) is 0 Å². The Morgan fingerprint density at radius 1 is 1.14 bits per heavy atom. The van der Waals surface area contributed by atoms with Crippen molar-refractivity contribution in [3.8, 4) is 0 Å². The fraction of sp³-hybridized carbons (Fsp3) is 0.278. The first-order chi connectivity index (χ1) is 9.97. The van der Waals surface area contributed by atoms with E-state index in [1.807, 2.05) is 12.1 Å². The standard InChI is InChI=1S/C18H20FNO/c1-12(2)15-8-5-14(6-9-15)11-20-18(21)16-7-4-13(3)17(19)10-16/h4-10,12H,11H2,1-3H3,(H,20,21). The van der Waals surface area contributed by atoms with Crippen molar-refractivity contribution in [1.82, 2.24) is 5.32 Å². The molecule has 21 heavy (non-hydrogen) atoms. The molecule has 0 aliphatic carbocycles. The van der Waals surface area contributed by atoms with Crippen LogP contribution in [0, 0.1) is 12.7 Å². The van der Waals surface area contributed by atoms with Gasteiger partial charge in [0.15, 0.2) is 0 Å². The second-order valence-electron chi connectivity index (χ2n) is 5.54. The Balaban J connectivity index is 1.98. The lowest BCUT2D eigenvalue weighted by Gasteiger charge is -2.09. The maximum absolute atomic E-state index is 13.4. The Hall–Kier alpha value is -2.16. The van der Waals surface area contributed by atoms with Crippen molar-refractivity contribution in [2.24, 2.45) is 0 Å². The van der Waals surface area contributed by atoms with Crippen LogP contribution < -0.4 is 5.32 Å². The minimum absolute atomic E-state index is 0.262. The molecule has 0 saturated carbocycles. The third-order valence-corrected chi connectivity index (χ3v) is 3.53. The highest BCUT2D eigenvalue weighted by atomic mass is 19.1. The first-order valence-electron chi connectivity index (χ1n) is 7.10. The number of benzene rings is 2. The molecular formula is C18H20FNO. The molecule has 0 aliphatic rings. The van der Waals surface area contributed by atoms with Gasteiger partial charge in [-0.2, -0.15) is 0 Å². The number of amides is 1. The normalized spacial score (nSPS) is 10.7. The van der Waals surface area contributed by atoms with E-state index in [9.17, 15) is 9.18 Å². The Labute approximate surface area is 125 Å². The van der Waals surface area contributed by atoms with E-state index in [-0.39, 0.29) is 11.7 Å². The number of carbonyl (C=O) groups is 1. The van der Waals surface area contributed by atoms with Crippen LogP contribution in [-0.2, 0) is 6.54 Å². The molecule has 0 aromatic heterocycles. The van der Waals surface area contributed by atoms with Gasteiger partial charge < -0.3 is 5.32 Å². The Kier molecular flexibility index (Phi) is 4.73.